The van der Waals surface area contributed by atoms with Crippen molar-refractivity contribution in [3.8, 4) is 5.75 Å². The zero-order chi connectivity index (χ0) is 22.8. The lowest BCUT2D eigenvalue weighted by molar-refractivity contribution is 0.0713. The van der Waals surface area contributed by atoms with E-state index in [1.165, 1.54) is 16.5 Å². The second kappa shape index (κ2) is 9.61. The van der Waals surface area contributed by atoms with Crippen molar-refractivity contribution in [2.45, 2.75) is 35.8 Å². The van der Waals surface area contributed by atoms with E-state index in [1.54, 1.807) is 30.2 Å². The Balaban J connectivity index is 1.19. The fraction of sp³-hybridized carbons (Fsp3) is 0.308. The molecule has 1 amide bonds. The Kier molecular flexibility index (Phi) is 6.42. The van der Waals surface area contributed by atoms with E-state index in [0.717, 1.165) is 58.5 Å². The molecule has 0 atom stereocenters. The van der Waals surface area contributed by atoms with Gasteiger partial charge in [0.05, 0.1) is 7.11 Å². The standard InChI is InChI=1S/C26H27N3O2S2/c1-17-15-32-26(28-17)33-16-18-3-5-20(6-4-18)25(30)29-11-9-19(10-12-29)23-14-27-24-8-7-21(31-2)13-22(23)24/h3-8,13-15,19,27H,9-12,16H2,1-2H3. The molecule has 1 aliphatic heterocycles. The van der Waals surface area contributed by atoms with Crippen molar-refractivity contribution in [1.29, 1.82) is 0 Å². The minimum absolute atomic E-state index is 0.129. The maximum absolute atomic E-state index is 13.1. The highest BCUT2D eigenvalue weighted by Gasteiger charge is 2.26. The van der Waals surface area contributed by atoms with E-state index in [1.807, 2.05) is 30.0 Å². The van der Waals surface area contributed by atoms with Gasteiger partial charge in [-0.2, -0.15) is 0 Å². The van der Waals surface area contributed by atoms with E-state index in [9.17, 15) is 4.79 Å². The summed E-state index contributed by atoms with van der Waals surface area (Å²) in [5.74, 6) is 2.31. The van der Waals surface area contributed by atoms with E-state index in [0.29, 0.717) is 5.92 Å². The zero-order valence-corrected chi connectivity index (χ0v) is 20.5. The number of ether oxygens (including phenoxy) is 1. The monoisotopic (exact) mass is 477 g/mol. The molecule has 4 aromatic rings. The average molecular weight is 478 g/mol. The quantitative estimate of drug-likeness (QED) is 0.333. The number of thioether (sulfide) groups is 1. The number of hydrogen-bond acceptors (Lipinski definition) is 5. The molecular formula is C26H27N3O2S2. The molecule has 1 fully saturated rings. The number of methoxy groups -OCH3 is 1. The molecule has 1 aliphatic rings. The number of benzene rings is 2. The highest BCUT2D eigenvalue weighted by molar-refractivity contribution is 8.00. The minimum atomic E-state index is 0.129. The van der Waals surface area contributed by atoms with Crippen LogP contribution in [0.5, 0.6) is 5.75 Å². The first-order chi connectivity index (χ1) is 16.1. The molecule has 0 spiro atoms. The molecule has 170 valence electrons. The van der Waals surface area contributed by atoms with Gasteiger partial charge in [-0.25, -0.2) is 4.98 Å². The Hall–Kier alpha value is -2.77. The fourth-order valence-electron chi connectivity index (χ4n) is 4.45. The molecule has 0 bridgehead atoms. The van der Waals surface area contributed by atoms with Gasteiger partial charge in [0.1, 0.15) is 10.1 Å². The van der Waals surface area contributed by atoms with Crippen LogP contribution in [0.4, 0.5) is 0 Å². The number of aromatic nitrogens is 2. The minimum Gasteiger partial charge on any atom is -0.497 e. The number of amides is 1. The summed E-state index contributed by atoms with van der Waals surface area (Å²) in [5, 5.41) is 3.29. The fourth-order valence-corrected chi connectivity index (χ4v) is 6.25. The maximum atomic E-state index is 13.1. The van der Waals surface area contributed by atoms with E-state index in [-0.39, 0.29) is 5.91 Å². The van der Waals surface area contributed by atoms with Crippen LogP contribution in [0.2, 0.25) is 0 Å². The van der Waals surface area contributed by atoms with Crippen LogP contribution in [-0.4, -0.2) is 41.0 Å². The van der Waals surface area contributed by atoms with Gasteiger partial charge in [-0.15, -0.1) is 11.3 Å². The third kappa shape index (κ3) is 4.80. The molecule has 2 aromatic heterocycles. The van der Waals surface area contributed by atoms with Crippen LogP contribution in [0.15, 0.2) is 58.4 Å². The molecule has 2 aromatic carbocycles. The molecule has 5 rings (SSSR count). The molecule has 0 saturated carbocycles. The molecule has 1 saturated heterocycles. The number of likely N-dealkylation sites (tertiary alicyclic amines) is 1. The number of hydrogen-bond donors (Lipinski definition) is 1. The Labute approximate surface area is 202 Å². The normalized spacial score (nSPS) is 14.7. The first-order valence-electron chi connectivity index (χ1n) is 11.2. The second-order valence-corrected chi connectivity index (χ2v) is 10.5. The van der Waals surface area contributed by atoms with Crippen LogP contribution in [0.3, 0.4) is 0 Å². The molecule has 5 nitrogen and oxygen atoms in total. The number of piperidine rings is 1. The van der Waals surface area contributed by atoms with Gasteiger partial charge in [-0.3, -0.25) is 4.79 Å². The number of H-pyrrole nitrogens is 1. The first-order valence-corrected chi connectivity index (χ1v) is 13.1. The number of nitrogens with zero attached hydrogens (tertiary/aromatic N) is 2. The van der Waals surface area contributed by atoms with Gasteiger partial charge in [-0.05, 0) is 67.1 Å². The topological polar surface area (TPSA) is 58.2 Å². The molecular weight excluding hydrogens is 450 g/mol. The van der Waals surface area contributed by atoms with Gasteiger partial charge >= 0.3 is 0 Å². The summed E-state index contributed by atoms with van der Waals surface area (Å²) in [5.41, 5.74) is 5.50. The van der Waals surface area contributed by atoms with Crippen molar-refractivity contribution in [3.05, 3.63) is 76.4 Å². The summed E-state index contributed by atoms with van der Waals surface area (Å²) in [7, 11) is 1.70. The number of aromatic amines is 1. The van der Waals surface area contributed by atoms with Crippen LogP contribution >= 0.6 is 23.1 Å². The summed E-state index contributed by atoms with van der Waals surface area (Å²) in [6.45, 7) is 3.57. The molecule has 0 radical (unpaired) electrons. The largest absolute Gasteiger partial charge is 0.497 e. The Bertz CT molecular complexity index is 1250. The lowest BCUT2D eigenvalue weighted by Crippen LogP contribution is -2.37. The van der Waals surface area contributed by atoms with Crippen molar-refractivity contribution in [2.75, 3.05) is 20.2 Å². The van der Waals surface area contributed by atoms with Crippen LogP contribution in [0, 0.1) is 6.92 Å². The van der Waals surface area contributed by atoms with Crippen molar-refractivity contribution in [2.24, 2.45) is 0 Å². The van der Waals surface area contributed by atoms with E-state index < -0.39 is 0 Å². The summed E-state index contributed by atoms with van der Waals surface area (Å²) < 4.78 is 6.50. The zero-order valence-electron chi connectivity index (χ0n) is 18.8. The molecule has 7 heteroatoms. The smallest absolute Gasteiger partial charge is 0.253 e. The van der Waals surface area contributed by atoms with Crippen molar-refractivity contribution in [3.63, 3.8) is 0 Å². The van der Waals surface area contributed by atoms with Gasteiger partial charge < -0.3 is 14.6 Å². The third-order valence-corrected chi connectivity index (χ3v) is 8.51. The maximum Gasteiger partial charge on any atom is 0.253 e. The Morgan fingerprint density at radius 1 is 1.21 bits per heavy atom. The van der Waals surface area contributed by atoms with Crippen molar-refractivity contribution >= 4 is 39.9 Å². The number of thiazole rings is 1. The average Bonchev–Trinajstić information content (AvgIpc) is 3.48. The van der Waals surface area contributed by atoms with Crippen LogP contribution in [0.25, 0.3) is 10.9 Å². The number of nitrogens with one attached hydrogen (secondary N) is 1. The summed E-state index contributed by atoms with van der Waals surface area (Å²) in [6.07, 6.45) is 4.06. The molecule has 1 N–H and O–H groups in total. The van der Waals surface area contributed by atoms with Gasteiger partial charge in [-0.1, -0.05) is 23.9 Å². The van der Waals surface area contributed by atoms with Crippen LogP contribution in [0.1, 0.15) is 45.9 Å². The van der Waals surface area contributed by atoms with E-state index in [4.69, 9.17) is 4.74 Å². The Morgan fingerprint density at radius 2 is 2.00 bits per heavy atom. The van der Waals surface area contributed by atoms with Gasteiger partial charge in [0.2, 0.25) is 0 Å². The highest BCUT2D eigenvalue weighted by atomic mass is 32.2. The van der Waals surface area contributed by atoms with E-state index >= 15 is 0 Å². The lowest BCUT2D eigenvalue weighted by atomic mass is 9.89. The SMILES string of the molecule is COc1ccc2[nH]cc(C3CCN(C(=O)c4ccc(CSc5nc(C)cs5)cc4)CC3)c2c1. The molecule has 33 heavy (non-hydrogen) atoms. The predicted molar refractivity (Wildman–Crippen MR) is 136 cm³/mol. The van der Waals surface area contributed by atoms with Crippen LogP contribution in [-0.2, 0) is 5.75 Å². The summed E-state index contributed by atoms with van der Waals surface area (Å²) in [4.78, 5) is 22.9. The highest BCUT2D eigenvalue weighted by Crippen LogP contribution is 2.35. The first kappa shape index (κ1) is 22.0. The lowest BCUT2D eigenvalue weighted by Gasteiger charge is -2.32. The number of carbonyl (C=O) groups is 1. The van der Waals surface area contributed by atoms with Crippen LogP contribution < -0.4 is 4.74 Å². The van der Waals surface area contributed by atoms with Crippen molar-refractivity contribution in [1.82, 2.24) is 14.9 Å². The molecule has 3 heterocycles. The summed E-state index contributed by atoms with van der Waals surface area (Å²) in [6, 6.07) is 14.2. The third-order valence-electron chi connectivity index (χ3n) is 6.30. The molecule has 0 aliphatic carbocycles. The number of carbonyl (C=O) groups excluding carboxylic acids is 1. The van der Waals surface area contributed by atoms with Gasteiger partial charge in [0, 0.05) is 52.6 Å². The Morgan fingerprint density at radius 3 is 2.70 bits per heavy atom. The number of aryl methyl sites for hydroxylation is 1. The van der Waals surface area contributed by atoms with Gasteiger partial charge in [0.25, 0.3) is 5.91 Å². The number of rotatable bonds is 6. The van der Waals surface area contributed by atoms with E-state index in [2.05, 4.69) is 45.8 Å². The van der Waals surface area contributed by atoms with Gasteiger partial charge in [0.15, 0.2) is 0 Å². The van der Waals surface area contributed by atoms with Crippen molar-refractivity contribution < 1.29 is 9.53 Å². The second-order valence-electron chi connectivity index (χ2n) is 8.46. The summed E-state index contributed by atoms with van der Waals surface area (Å²) >= 11 is 3.42. The predicted octanol–water partition coefficient (Wildman–Crippen LogP) is 6.25. The number of fused-ring (bicyclic) bond motifs is 1. The molecule has 0 unspecified atom stereocenters.